The molecule has 0 atom stereocenters. The van der Waals surface area contributed by atoms with Crippen LogP contribution < -0.4 is 11.1 Å². The highest BCUT2D eigenvalue weighted by Crippen LogP contribution is 2.29. The van der Waals surface area contributed by atoms with Gasteiger partial charge in [-0.2, -0.15) is 13.2 Å². The smallest absolute Gasteiger partial charge is 0.364 e. The predicted molar refractivity (Wildman–Crippen MR) is 93.2 cm³/mol. The van der Waals surface area contributed by atoms with Gasteiger partial charge in [-0.05, 0) is 42.3 Å². The molecule has 1 amide bonds. The third kappa shape index (κ3) is 4.38. The number of aromatic nitrogens is 3. The van der Waals surface area contributed by atoms with Crippen molar-refractivity contribution >= 4 is 17.5 Å². The Morgan fingerprint density at radius 2 is 1.85 bits per heavy atom. The second-order valence-corrected chi connectivity index (χ2v) is 5.77. The number of halogens is 3. The summed E-state index contributed by atoms with van der Waals surface area (Å²) in [7, 11) is 0. The third-order valence-corrected chi connectivity index (χ3v) is 3.63. The van der Waals surface area contributed by atoms with E-state index >= 15 is 0 Å². The van der Waals surface area contributed by atoms with E-state index < -0.39 is 17.8 Å². The number of aryl methyl sites for hydroxylation is 1. The summed E-state index contributed by atoms with van der Waals surface area (Å²) >= 11 is 0. The van der Waals surface area contributed by atoms with Crippen LogP contribution in [0.2, 0.25) is 0 Å². The molecule has 0 saturated carbocycles. The van der Waals surface area contributed by atoms with Gasteiger partial charge < -0.3 is 11.1 Å². The molecule has 0 unspecified atom stereocenters. The van der Waals surface area contributed by atoms with Crippen molar-refractivity contribution in [2.45, 2.75) is 13.1 Å². The molecule has 0 saturated heterocycles. The standard InChI is InChI=1S/C18H14F3N5O/c1-10-6-12(11-2-3-14(16(22)27)24-9-11)8-13(7-10)25-17-23-5-4-15(26-17)18(19,20)21/h2-9H,1H3,(H2,22,27)(H,23,25,26). The SMILES string of the molecule is Cc1cc(Nc2nccc(C(F)(F)F)n2)cc(-c2ccc(C(N)=O)nc2)c1. The highest BCUT2D eigenvalue weighted by Gasteiger charge is 2.32. The van der Waals surface area contributed by atoms with Crippen molar-refractivity contribution in [2.75, 3.05) is 5.32 Å². The lowest BCUT2D eigenvalue weighted by atomic mass is 10.0. The molecule has 0 fully saturated rings. The Balaban J connectivity index is 1.91. The Bertz CT molecular complexity index is 987. The first-order valence-electron chi connectivity index (χ1n) is 7.77. The number of carbonyl (C=O) groups is 1. The number of nitrogens with two attached hydrogens (primary N) is 1. The van der Waals surface area contributed by atoms with E-state index in [9.17, 15) is 18.0 Å². The van der Waals surface area contributed by atoms with Gasteiger partial charge in [-0.15, -0.1) is 0 Å². The lowest BCUT2D eigenvalue weighted by Crippen LogP contribution is -2.12. The molecular formula is C18H14F3N5O. The molecule has 2 heterocycles. The van der Waals surface area contributed by atoms with E-state index in [1.165, 1.54) is 12.3 Å². The molecule has 0 bridgehead atoms. The Morgan fingerprint density at radius 1 is 1.07 bits per heavy atom. The number of carbonyl (C=O) groups excluding carboxylic acids is 1. The number of anilines is 2. The molecule has 138 valence electrons. The van der Waals surface area contributed by atoms with Crippen molar-refractivity contribution < 1.29 is 18.0 Å². The van der Waals surface area contributed by atoms with Crippen LogP contribution in [-0.2, 0) is 6.18 Å². The lowest BCUT2D eigenvalue weighted by molar-refractivity contribution is -0.141. The number of benzene rings is 1. The molecule has 0 aliphatic carbocycles. The van der Waals surface area contributed by atoms with Gasteiger partial charge in [0.25, 0.3) is 5.91 Å². The van der Waals surface area contributed by atoms with Crippen LogP contribution in [0, 0.1) is 6.92 Å². The van der Waals surface area contributed by atoms with E-state index in [0.29, 0.717) is 5.69 Å². The van der Waals surface area contributed by atoms with Crippen LogP contribution in [0.5, 0.6) is 0 Å². The fourth-order valence-corrected chi connectivity index (χ4v) is 2.44. The molecule has 6 nitrogen and oxygen atoms in total. The number of primary amides is 1. The quantitative estimate of drug-likeness (QED) is 0.727. The average Bonchev–Trinajstić information content (AvgIpc) is 2.61. The first-order valence-corrected chi connectivity index (χ1v) is 7.77. The zero-order valence-corrected chi connectivity index (χ0v) is 14.1. The largest absolute Gasteiger partial charge is 0.433 e. The van der Waals surface area contributed by atoms with Crippen LogP contribution in [0.4, 0.5) is 24.8 Å². The maximum atomic E-state index is 12.8. The fourth-order valence-electron chi connectivity index (χ4n) is 2.44. The van der Waals surface area contributed by atoms with E-state index in [1.54, 1.807) is 18.2 Å². The van der Waals surface area contributed by atoms with Gasteiger partial charge in [-0.1, -0.05) is 12.1 Å². The Hall–Kier alpha value is -3.49. The summed E-state index contributed by atoms with van der Waals surface area (Å²) in [5.41, 5.74) is 7.14. The number of alkyl halides is 3. The average molecular weight is 373 g/mol. The minimum absolute atomic E-state index is 0.141. The van der Waals surface area contributed by atoms with Gasteiger partial charge in [-0.3, -0.25) is 9.78 Å². The van der Waals surface area contributed by atoms with E-state index in [1.807, 2.05) is 13.0 Å². The second-order valence-electron chi connectivity index (χ2n) is 5.77. The molecule has 27 heavy (non-hydrogen) atoms. The van der Waals surface area contributed by atoms with Crippen molar-refractivity contribution in [1.29, 1.82) is 0 Å². The van der Waals surface area contributed by atoms with Crippen LogP contribution in [0.25, 0.3) is 11.1 Å². The Labute approximate surface area is 152 Å². The second kappa shape index (κ2) is 7.02. The highest BCUT2D eigenvalue weighted by atomic mass is 19.4. The number of nitrogens with zero attached hydrogens (tertiary/aromatic N) is 3. The van der Waals surface area contributed by atoms with Crippen LogP contribution in [0.15, 0.2) is 48.8 Å². The van der Waals surface area contributed by atoms with Gasteiger partial charge in [0.1, 0.15) is 11.4 Å². The number of nitrogens with one attached hydrogen (secondary N) is 1. The third-order valence-electron chi connectivity index (χ3n) is 3.63. The molecule has 0 radical (unpaired) electrons. The van der Waals surface area contributed by atoms with E-state index in [4.69, 9.17) is 5.73 Å². The molecule has 3 N–H and O–H groups in total. The van der Waals surface area contributed by atoms with Gasteiger partial charge in [0.05, 0.1) is 0 Å². The van der Waals surface area contributed by atoms with E-state index in [-0.39, 0.29) is 11.6 Å². The minimum atomic E-state index is -4.55. The number of rotatable bonds is 4. The van der Waals surface area contributed by atoms with Gasteiger partial charge in [0.2, 0.25) is 5.95 Å². The summed E-state index contributed by atoms with van der Waals surface area (Å²) in [5.74, 6) is -0.793. The maximum Gasteiger partial charge on any atom is 0.433 e. The number of amides is 1. The zero-order valence-electron chi connectivity index (χ0n) is 14.1. The number of hydrogen-bond acceptors (Lipinski definition) is 5. The molecule has 0 spiro atoms. The van der Waals surface area contributed by atoms with E-state index in [0.717, 1.165) is 29.0 Å². The lowest BCUT2D eigenvalue weighted by Gasteiger charge is -2.11. The van der Waals surface area contributed by atoms with Gasteiger partial charge >= 0.3 is 6.18 Å². The molecule has 3 aromatic rings. The first kappa shape index (κ1) is 18.3. The topological polar surface area (TPSA) is 93.8 Å². The van der Waals surface area contributed by atoms with E-state index in [2.05, 4.69) is 20.3 Å². The molecule has 2 aromatic heterocycles. The molecule has 1 aromatic carbocycles. The fraction of sp³-hybridized carbons (Fsp3) is 0.111. The van der Waals surface area contributed by atoms with Crippen LogP contribution in [0.3, 0.4) is 0 Å². The molecule has 0 aliphatic heterocycles. The molecule has 9 heteroatoms. The predicted octanol–water partition coefficient (Wildman–Crippen LogP) is 3.71. The molecular weight excluding hydrogens is 359 g/mol. The van der Waals surface area contributed by atoms with Gasteiger partial charge in [0, 0.05) is 23.6 Å². The van der Waals surface area contributed by atoms with Gasteiger partial charge in [0.15, 0.2) is 0 Å². The van der Waals surface area contributed by atoms with Crippen molar-refractivity contribution in [3.8, 4) is 11.1 Å². The summed E-state index contributed by atoms with van der Waals surface area (Å²) in [6, 6.07) is 9.34. The van der Waals surface area contributed by atoms with Crippen LogP contribution in [0.1, 0.15) is 21.7 Å². The summed E-state index contributed by atoms with van der Waals surface area (Å²) in [6.07, 6.45) is -2.01. The Morgan fingerprint density at radius 3 is 2.48 bits per heavy atom. The summed E-state index contributed by atoms with van der Waals surface area (Å²) in [4.78, 5) is 22.4. The minimum Gasteiger partial charge on any atom is -0.364 e. The summed E-state index contributed by atoms with van der Waals surface area (Å²) in [6.45, 7) is 1.84. The normalized spacial score (nSPS) is 11.3. The van der Waals surface area contributed by atoms with Crippen molar-refractivity contribution in [3.63, 3.8) is 0 Å². The van der Waals surface area contributed by atoms with Crippen LogP contribution >= 0.6 is 0 Å². The first-order chi connectivity index (χ1) is 12.7. The number of pyridine rings is 1. The molecule has 0 aliphatic rings. The number of hydrogen-bond donors (Lipinski definition) is 2. The van der Waals surface area contributed by atoms with Crippen molar-refractivity contribution in [3.05, 3.63) is 65.7 Å². The van der Waals surface area contributed by atoms with Crippen molar-refractivity contribution in [2.24, 2.45) is 5.73 Å². The monoisotopic (exact) mass is 373 g/mol. The Kier molecular flexibility index (Phi) is 4.76. The summed E-state index contributed by atoms with van der Waals surface area (Å²) < 4.78 is 38.4. The van der Waals surface area contributed by atoms with Crippen molar-refractivity contribution in [1.82, 2.24) is 15.0 Å². The van der Waals surface area contributed by atoms with Gasteiger partial charge in [-0.25, -0.2) is 9.97 Å². The zero-order chi connectivity index (χ0) is 19.6. The summed E-state index contributed by atoms with van der Waals surface area (Å²) in [5, 5.41) is 2.78. The van der Waals surface area contributed by atoms with Crippen LogP contribution in [-0.4, -0.2) is 20.9 Å². The maximum absolute atomic E-state index is 12.8. The molecule has 3 rings (SSSR count). The highest BCUT2D eigenvalue weighted by molar-refractivity contribution is 5.91.